The van der Waals surface area contributed by atoms with Gasteiger partial charge in [-0.1, -0.05) is 67.2 Å². The van der Waals surface area contributed by atoms with Gasteiger partial charge in [-0.05, 0) is 48.3 Å². The van der Waals surface area contributed by atoms with E-state index in [2.05, 4.69) is 57.9 Å². The summed E-state index contributed by atoms with van der Waals surface area (Å²) in [5, 5.41) is 3.24. The Kier molecular flexibility index (Phi) is 7.01. The predicted molar refractivity (Wildman–Crippen MR) is 124 cm³/mol. The van der Waals surface area contributed by atoms with Crippen LogP contribution in [0.15, 0.2) is 42.6 Å². The van der Waals surface area contributed by atoms with E-state index in [1.165, 1.54) is 0 Å². The largest absolute Gasteiger partial charge is 0.492 e. The van der Waals surface area contributed by atoms with Gasteiger partial charge in [-0.15, -0.1) is 0 Å². The van der Waals surface area contributed by atoms with Crippen molar-refractivity contribution in [3.05, 3.63) is 59.4 Å². The zero-order valence-corrected chi connectivity index (χ0v) is 18.6. The van der Waals surface area contributed by atoms with Crippen molar-refractivity contribution in [1.29, 1.82) is 0 Å². The van der Waals surface area contributed by atoms with Gasteiger partial charge in [-0.2, -0.15) is 0 Å². The number of carbonyl (C=O) groups excluding carboxylic acids is 1. The van der Waals surface area contributed by atoms with Crippen molar-refractivity contribution in [3.8, 4) is 5.75 Å². The molecule has 1 aliphatic rings. The van der Waals surface area contributed by atoms with E-state index in [4.69, 9.17) is 4.74 Å². The van der Waals surface area contributed by atoms with Gasteiger partial charge in [0.2, 0.25) is 0 Å². The third-order valence-corrected chi connectivity index (χ3v) is 5.42. The first-order valence-corrected chi connectivity index (χ1v) is 10.5. The number of carbonyl (C=O) groups is 1. The maximum atomic E-state index is 13.3. The fourth-order valence-corrected chi connectivity index (χ4v) is 3.42. The van der Waals surface area contributed by atoms with Gasteiger partial charge in [0.25, 0.3) is 5.91 Å². The van der Waals surface area contributed by atoms with Crippen molar-refractivity contribution in [2.45, 2.75) is 79.2 Å². The van der Waals surface area contributed by atoms with Crippen molar-refractivity contribution in [2.75, 3.05) is 6.61 Å². The fourth-order valence-electron chi connectivity index (χ4n) is 3.42. The maximum Gasteiger partial charge on any atom is 0.255 e. The van der Waals surface area contributed by atoms with E-state index >= 15 is 0 Å². The predicted octanol–water partition coefficient (Wildman–Crippen LogP) is 6.25. The van der Waals surface area contributed by atoms with Gasteiger partial charge in [0.15, 0.2) is 0 Å². The van der Waals surface area contributed by atoms with Gasteiger partial charge < -0.3 is 10.1 Å². The summed E-state index contributed by atoms with van der Waals surface area (Å²) in [5.74, 6) is 0.614. The van der Waals surface area contributed by atoms with Crippen LogP contribution in [0.3, 0.4) is 0 Å². The summed E-state index contributed by atoms with van der Waals surface area (Å²) in [5.41, 5.74) is 2.30. The molecular weight excluding hydrogens is 372 g/mol. The van der Waals surface area contributed by atoms with Crippen LogP contribution in [0, 0.1) is 5.41 Å². The Bertz CT molecular complexity index is 857. The molecule has 4 heteroatoms. The number of pyridine rings is 1. The van der Waals surface area contributed by atoms with E-state index in [0.29, 0.717) is 17.9 Å². The Labute approximate surface area is 182 Å². The molecule has 0 radical (unpaired) electrons. The molecule has 0 aliphatic heterocycles. The molecule has 1 N–H and O–H groups in total. The molecule has 0 spiro atoms. The molecule has 0 saturated heterocycles. The molecule has 4 nitrogen and oxygen atoms in total. The SMILES string of the molecule is C.CC(C)(C)CCOc1c(C(=O)NC2(c3ccccn3)CC2)cccc1C(C)(C)C. The summed E-state index contributed by atoms with van der Waals surface area (Å²) < 4.78 is 6.26. The van der Waals surface area contributed by atoms with Gasteiger partial charge in [-0.3, -0.25) is 9.78 Å². The Morgan fingerprint density at radius 1 is 1.07 bits per heavy atom. The second-order valence-electron chi connectivity index (χ2n) is 10.3. The zero-order valence-electron chi connectivity index (χ0n) is 18.6. The highest BCUT2D eigenvalue weighted by molar-refractivity contribution is 5.98. The number of rotatable bonds is 6. The summed E-state index contributed by atoms with van der Waals surface area (Å²) in [7, 11) is 0. The van der Waals surface area contributed by atoms with Crippen LogP contribution in [0.5, 0.6) is 5.75 Å². The van der Waals surface area contributed by atoms with Crippen molar-refractivity contribution < 1.29 is 9.53 Å². The second-order valence-corrected chi connectivity index (χ2v) is 10.3. The van der Waals surface area contributed by atoms with E-state index < -0.39 is 0 Å². The lowest BCUT2D eigenvalue weighted by atomic mass is 9.85. The van der Waals surface area contributed by atoms with Gasteiger partial charge >= 0.3 is 0 Å². The molecule has 30 heavy (non-hydrogen) atoms. The lowest BCUT2D eigenvalue weighted by Gasteiger charge is -2.26. The standard InChI is InChI=1S/C25H34N2O2.CH4/c1-23(2,3)15-17-29-21-18(10-9-11-19(21)24(4,5)6)22(28)27-25(13-14-25)20-12-7-8-16-26-20;/h7-12,16H,13-15,17H2,1-6H3,(H,27,28);1H4. The summed E-state index contributed by atoms with van der Waals surface area (Å²) >= 11 is 0. The average molecular weight is 411 g/mol. The zero-order chi connectivity index (χ0) is 21.3. The Hall–Kier alpha value is -2.36. The summed E-state index contributed by atoms with van der Waals surface area (Å²) in [4.78, 5) is 17.8. The lowest BCUT2D eigenvalue weighted by molar-refractivity contribution is 0.0924. The Morgan fingerprint density at radius 3 is 2.30 bits per heavy atom. The topological polar surface area (TPSA) is 51.2 Å². The van der Waals surface area contributed by atoms with E-state index in [-0.39, 0.29) is 29.7 Å². The average Bonchev–Trinajstić information content (AvgIpc) is 3.41. The minimum absolute atomic E-state index is 0. The first kappa shape index (κ1) is 23.9. The van der Waals surface area contributed by atoms with Crippen LogP contribution in [-0.4, -0.2) is 17.5 Å². The second kappa shape index (κ2) is 8.79. The number of benzene rings is 1. The smallest absolute Gasteiger partial charge is 0.255 e. The molecule has 1 amide bonds. The first-order valence-electron chi connectivity index (χ1n) is 10.5. The van der Waals surface area contributed by atoms with Crippen LogP contribution >= 0.6 is 0 Å². The highest BCUT2D eigenvalue weighted by atomic mass is 16.5. The highest BCUT2D eigenvalue weighted by Crippen LogP contribution is 2.45. The van der Waals surface area contributed by atoms with E-state index in [9.17, 15) is 4.79 Å². The number of para-hydroxylation sites is 1. The van der Waals surface area contributed by atoms with Crippen LogP contribution in [0.25, 0.3) is 0 Å². The monoisotopic (exact) mass is 410 g/mol. The molecule has 0 bridgehead atoms. The highest BCUT2D eigenvalue weighted by Gasteiger charge is 2.47. The van der Waals surface area contributed by atoms with E-state index in [0.717, 1.165) is 30.5 Å². The van der Waals surface area contributed by atoms with Crippen LogP contribution in [0.4, 0.5) is 0 Å². The quantitative estimate of drug-likeness (QED) is 0.612. The molecule has 2 aromatic rings. The number of hydrogen-bond acceptors (Lipinski definition) is 3. The molecular formula is C26H38N2O2. The number of aromatic nitrogens is 1. The molecule has 1 heterocycles. The Morgan fingerprint density at radius 2 is 1.77 bits per heavy atom. The first-order chi connectivity index (χ1) is 13.5. The van der Waals surface area contributed by atoms with Gasteiger partial charge in [0.1, 0.15) is 5.75 Å². The number of amides is 1. The number of ether oxygens (including phenoxy) is 1. The molecule has 1 aliphatic carbocycles. The van der Waals surface area contributed by atoms with Gasteiger partial charge in [-0.25, -0.2) is 0 Å². The van der Waals surface area contributed by atoms with Crippen molar-refractivity contribution in [2.24, 2.45) is 5.41 Å². The van der Waals surface area contributed by atoms with Crippen molar-refractivity contribution >= 4 is 5.91 Å². The van der Waals surface area contributed by atoms with Gasteiger partial charge in [0, 0.05) is 11.8 Å². The number of nitrogens with zero attached hydrogens (tertiary/aromatic N) is 1. The van der Waals surface area contributed by atoms with Crippen LogP contribution in [-0.2, 0) is 11.0 Å². The Balaban J connectivity index is 0.00000320. The normalized spacial score (nSPS) is 15.1. The molecule has 1 aromatic carbocycles. The summed E-state index contributed by atoms with van der Waals surface area (Å²) in [6.45, 7) is 13.6. The maximum absolute atomic E-state index is 13.3. The lowest BCUT2D eigenvalue weighted by Crippen LogP contribution is -2.36. The number of nitrogens with one attached hydrogen (secondary N) is 1. The van der Waals surface area contributed by atoms with E-state index in [1.807, 2.05) is 30.3 Å². The molecule has 1 aromatic heterocycles. The van der Waals surface area contributed by atoms with Crippen molar-refractivity contribution in [3.63, 3.8) is 0 Å². The van der Waals surface area contributed by atoms with Crippen LogP contribution in [0.1, 0.15) is 89.8 Å². The van der Waals surface area contributed by atoms with Crippen LogP contribution < -0.4 is 10.1 Å². The fraction of sp³-hybridized carbons (Fsp3) is 0.538. The van der Waals surface area contributed by atoms with E-state index in [1.54, 1.807) is 6.20 Å². The number of hydrogen-bond donors (Lipinski definition) is 1. The molecule has 1 saturated carbocycles. The third kappa shape index (κ3) is 5.62. The molecule has 1 fully saturated rings. The minimum atomic E-state index is -0.348. The minimum Gasteiger partial charge on any atom is -0.492 e. The molecule has 0 unspecified atom stereocenters. The van der Waals surface area contributed by atoms with Gasteiger partial charge in [0.05, 0.1) is 23.4 Å². The van der Waals surface area contributed by atoms with Crippen molar-refractivity contribution in [1.82, 2.24) is 10.3 Å². The molecule has 3 rings (SSSR count). The third-order valence-electron chi connectivity index (χ3n) is 5.42. The summed E-state index contributed by atoms with van der Waals surface area (Å²) in [6.07, 6.45) is 4.52. The van der Waals surface area contributed by atoms with Crippen LogP contribution in [0.2, 0.25) is 0 Å². The summed E-state index contributed by atoms with van der Waals surface area (Å²) in [6, 6.07) is 11.7. The molecule has 164 valence electrons. The molecule has 0 atom stereocenters.